The third-order valence-electron chi connectivity index (χ3n) is 2.32. The van der Waals surface area contributed by atoms with Gasteiger partial charge in [0.05, 0.1) is 25.5 Å². The molecule has 0 atom stereocenters. The third kappa shape index (κ3) is 4.28. The van der Waals surface area contributed by atoms with Crippen LogP contribution in [0.2, 0.25) is 0 Å². The predicted octanol–water partition coefficient (Wildman–Crippen LogP) is 1.57. The van der Waals surface area contributed by atoms with Gasteiger partial charge in [0.25, 0.3) is 0 Å². The van der Waals surface area contributed by atoms with Gasteiger partial charge in [-0.1, -0.05) is 0 Å². The Balaban J connectivity index is 2.64. The molecule has 1 heterocycles. The average Bonchev–Trinajstić information content (AvgIpc) is 2.28. The van der Waals surface area contributed by atoms with Crippen LogP contribution in [0.25, 0.3) is 0 Å². The fourth-order valence-electron chi connectivity index (χ4n) is 1.47. The van der Waals surface area contributed by atoms with E-state index < -0.39 is 5.82 Å². The Kier molecular flexibility index (Phi) is 5.31. The van der Waals surface area contributed by atoms with E-state index in [1.54, 1.807) is 0 Å². The van der Waals surface area contributed by atoms with Crippen LogP contribution in [0.1, 0.15) is 19.4 Å². The standard InChI is InChI=1S/C12H19FN2O2/c1-9(2)17-5-4-15(3)12-10(8-16)6-11(13)7-14-12/h6-7,9,16H,4-5,8H2,1-3H3. The Morgan fingerprint density at radius 1 is 1.53 bits per heavy atom. The summed E-state index contributed by atoms with van der Waals surface area (Å²) in [5.74, 6) is 0.144. The summed E-state index contributed by atoms with van der Waals surface area (Å²) in [7, 11) is 1.84. The number of halogens is 1. The van der Waals surface area contributed by atoms with Crippen LogP contribution in [0.5, 0.6) is 0 Å². The second kappa shape index (κ2) is 6.51. The molecule has 5 heteroatoms. The smallest absolute Gasteiger partial charge is 0.142 e. The van der Waals surface area contributed by atoms with Crippen LogP contribution < -0.4 is 4.90 Å². The number of nitrogens with zero attached hydrogens (tertiary/aromatic N) is 2. The molecule has 0 aliphatic carbocycles. The molecule has 0 fully saturated rings. The maximum absolute atomic E-state index is 12.9. The monoisotopic (exact) mass is 242 g/mol. The molecular weight excluding hydrogens is 223 g/mol. The lowest BCUT2D eigenvalue weighted by atomic mass is 10.2. The van der Waals surface area contributed by atoms with E-state index in [4.69, 9.17) is 9.84 Å². The highest BCUT2D eigenvalue weighted by molar-refractivity contribution is 5.45. The fourth-order valence-corrected chi connectivity index (χ4v) is 1.47. The average molecular weight is 242 g/mol. The van der Waals surface area contributed by atoms with Gasteiger partial charge in [0.1, 0.15) is 11.6 Å². The van der Waals surface area contributed by atoms with E-state index in [0.29, 0.717) is 24.5 Å². The molecule has 0 aromatic carbocycles. The quantitative estimate of drug-likeness (QED) is 0.822. The summed E-state index contributed by atoms with van der Waals surface area (Å²) in [6.07, 6.45) is 1.33. The van der Waals surface area contributed by atoms with Gasteiger partial charge in [-0.05, 0) is 19.9 Å². The zero-order valence-electron chi connectivity index (χ0n) is 10.5. The second-order valence-electron chi connectivity index (χ2n) is 4.14. The van der Waals surface area contributed by atoms with Gasteiger partial charge in [-0.3, -0.25) is 0 Å². The summed E-state index contributed by atoms with van der Waals surface area (Å²) in [4.78, 5) is 5.82. The van der Waals surface area contributed by atoms with E-state index in [0.717, 1.165) is 6.20 Å². The molecule has 0 saturated heterocycles. The molecule has 0 aliphatic rings. The van der Waals surface area contributed by atoms with E-state index in [1.807, 2.05) is 25.8 Å². The van der Waals surface area contributed by atoms with Crippen molar-refractivity contribution in [3.8, 4) is 0 Å². The molecule has 0 saturated carbocycles. The second-order valence-corrected chi connectivity index (χ2v) is 4.14. The molecule has 1 N–H and O–H groups in total. The van der Waals surface area contributed by atoms with Crippen LogP contribution in [0.4, 0.5) is 10.2 Å². The van der Waals surface area contributed by atoms with Gasteiger partial charge in [0.15, 0.2) is 0 Å². The number of aliphatic hydroxyl groups excluding tert-OH is 1. The van der Waals surface area contributed by atoms with Crippen LogP contribution in [-0.4, -0.2) is 36.4 Å². The topological polar surface area (TPSA) is 45.6 Å². The van der Waals surface area contributed by atoms with Crippen LogP contribution in [0, 0.1) is 5.82 Å². The zero-order chi connectivity index (χ0) is 12.8. The van der Waals surface area contributed by atoms with Crippen molar-refractivity contribution in [2.24, 2.45) is 0 Å². The van der Waals surface area contributed by atoms with Crippen LogP contribution in [0.3, 0.4) is 0 Å². The van der Waals surface area contributed by atoms with Crippen molar-refractivity contribution in [1.82, 2.24) is 4.98 Å². The first-order valence-corrected chi connectivity index (χ1v) is 5.62. The van der Waals surface area contributed by atoms with Crippen molar-refractivity contribution in [2.75, 3.05) is 25.1 Å². The molecule has 0 unspecified atom stereocenters. The van der Waals surface area contributed by atoms with Gasteiger partial charge in [-0.2, -0.15) is 0 Å². The van der Waals surface area contributed by atoms with Crippen LogP contribution >= 0.6 is 0 Å². The van der Waals surface area contributed by atoms with Crippen molar-refractivity contribution >= 4 is 5.82 Å². The lowest BCUT2D eigenvalue weighted by Crippen LogP contribution is -2.26. The van der Waals surface area contributed by atoms with E-state index in [9.17, 15) is 4.39 Å². The van der Waals surface area contributed by atoms with Gasteiger partial charge in [-0.25, -0.2) is 9.37 Å². The number of rotatable bonds is 6. The predicted molar refractivity (Wildman–Crippen MR) is 64.5 cm³/mol. The molecule has 4 nitrogen and oxygen atoms in total. The van der Waals surface area contributed by atoms with Gasteiger partial charge in [0, 0.05) is 19.2 Å². The highest BCUT2D eigenvalue weighted by atomic mass is 19.1. The molecule has 96 valence electrons. The number of pyridine rings is 1. The summed E-state index contributed by atoms with van der Waals surface area (Å²) in [5.41, 5.74) is 0.483. The minimum Gasteiger partial charge on any atom is -0.392 e. The van der Waals surface area contributed by atoms with Crippen molar-refractivity contribution in [1.29, 1.82) is 0 Å². The summed E-state index contributed by atoms with van der Waals surface area (Å²) in [5, 5.41) is 9.14. The first-order valence-electron chi connectivity index (χ1n) is 5.62. The van der Waals surface area contributed by atoms with E-state index in [1.165, 1.54) is 6.07 Å². The molecule has 1 aromatic rings. The summed E-state index contributed by atoms with van der Waals surface area (Å²) in [6.45, 7) is 4.92. The minimum atomic E-state index is -0.440. The zero-order valence-corrected chi connectivity index (χ0v) is 10.5. The molecule has 0 amide bonds. The fraction of sp³-hybridized carbons (Fsp3) is 0.583. The van der Waals surface area contributed by atoms with Crippen LogP contribution in [0.15, 0.2) is 12.3 Å². The molecule has 17 heavy (non-hydrogen) atoms. The Morgan fingerprint density at radius 3 is 2.82 bits per heavy atom. The van der Waals surface area contributed by atoms with Gasteiger partial charge < -0.3 is 14.7 Å². The Labute approximate surface area is 101 Å². The van der Waals surface area contributed by atoms with Gasteiger partial charge >= 0.3 is 0 Å². The van der Waals surface area contributed by atoms with Crippen molar-refractivity contribution in [3.63, 3.8) is 0 Å². The Morgan fingerprint density at radius 2 is 2.24 bits per heavy atom. The summed E-state index contributed by atoms with van der Waals surface area (Å²) < 4.78 is 18.4. The van der Waals surface area contributed by atoms with Gasteiger partial charge in [0.2, 0.25) is 0 Å². The highest BCUT2D eigenvalue weighted by Crippen LogP contribution is 2.17. The maximum atomic E-state index is 12.9. The van der Waals surface area contributed by atoms with E-state index >= 15 is 0 Å². The summed E-state index contributed by atoms with van der Waals surface area (Å²) >= 11 is 0. The number of anilines is 1. The molecule has 0 aliphatic heterocycles. The number of aromatic nitrogens is 1. The van der Waals surface area contributed by atoms with Crippen LogP contribution in [-0.2, 0) is 11.3 Å². The first kappa shape index (κ1) is 13.9. The lowest BCUT2D eigenvalue weighted by Gasteiger charge is -2.21. The number of likely N-dealkylation sites (N-methyl/N-ethyl adjacent to an activating group) is 1. The number of hydrogen-bond donors (Lipinski definition) is 1. The van der Waals surface area contributed by atoms with E-state index in [2.05, 4.69) is 4.98 Å². The minimum absolute atomic E-state index is 0.182. The lowest BCUT2D eigenvalue weighted by molar-refractivity contribution is 0.0845. The molecule has 0 spiro atoms. The molecule has 0 radical (unpaired) electrons. The maximum Gasteiger partial charge on any atom is 0.142 e. The van der Waals surface area contributed by atoms with E-state index in [-0.39, 0.29) is 12.7 Å². The Bertz CT molecular complexity index is 358. The molecule has 0 bridgehead atoms. The summed E-state index contributed by atoms with van der Waals surface area (Å²) in [6, 6.07) is 1.29. The number of aliphatic hydroxyl groups is 1. The SMILES string of the molecule is CC(C)OCCN(C)c1ncc(F)cc1CO. The molecular formula is C12H19FN2O2. The first-order chi connectivity index (χ1) is 8.04. The molecule has 1 aromatic heterocycles. The normalized spacial score (nSPS) is 10.9. The van der Waals surface area contributed by atoms with Crippen molar-refractivity contribution < 1.29 is 14.2 Å². The third-order valence-corrected chi connectivity index (χ3v) is 2.32. The number of hydrogen-bond acceptors (Lipinski definition) is 4. The van der Waals surface area contributed by atoms with Crippen molar-refractivity contribution in [3.05, 3.63) is 23.6 Å². The number of ether oxygens (including phenoxy) is 1. The molecule has 1 rings (SSSR count). The van der Waals surface area contributed by atoms with Gasteiger partial charge in [-0.15, -0.1) is 0 Å². The Hall–Kier alpha value is -1.20. The largest absolute Gasteiger partial charge is 0.392 e. The van der Waals surface area contributed by atoms with Crippen molar-refractivity contribution in [2.45, 2.75) is 26.6 Å². The highest BCUT2D eigenvalue weighted by Gasteiger charge is 2.09.